The number of pyridine rings is 1. The van der Waals surface area contributed by atoms with E-state index < -0.39 is 0 Å². The van der Waals surface area contributed by atoms with Gasteiger partial charge in [0.25, 0.3) is 0 Å². The number of anilines is 3. The van der Waals surface area contributed by atoms with Crippen molar-refractivity contribution in [3.05, 3.63) is 46.6 Å². The van der Waals surface area contributed by atoms with E-state index in [0.29, 0.717) is 0 Å². The Bertz CT molecular complexity index is 636. The summed E-state index contributed by atoms with van der Waals surface area (Å²) in [5.74, 6) is 1.06. The van der Waals surface area contributed by atoms with Crippen LogP contribution in [0.15, 0.2) is 41.0 Å². The molecule has 1 fully saturated rings. The molecule has 0 aliphatic carbocycles. The molecule has 1 aromatic heterocycles. The molecule has 0 saturated carbocycles. The monoisotopic (exact) mass is 346 g/mol. The lowest BCUT2D eigenvalue weighted by molar-refractivity contribution is 0.647. The lowest BCUT2D eigenvalue weighted by Crippen LogP contribution is -2.46. The van der Waals surface area contributed by atoms with Crippen LogP contribution in [0.1, 0.15) is 5.56 Å². The molecule has 1 aliphatic rings. The van der Waals surface area contributed by atoms with E-state index in [1.807, 2.05) is 24.4 Å². The van der Waals surface area contributed by atoms with Crippen molar-refractivity contribution < 1.29 is 0 Å². The number of nitrogen functional groups attached to an aromatic ring is 1. The Balaban J connectivity index is 1.68. The van der Waals surface area contributed by atoms with E-state index in [1.54, 1.807) is 0 Å². The van der Waals surface area contributed by atoms with E-state index in [0.717, 1.165) is 42.2 Å². The first-order valence-electron chi connectivity index (χ1n) is 7.11. The zero-order valence-corrected chi connectivity index (χ0v) is 13.7. The van der Waals surface area contributed by atoms with Crippen molar-refractivity contribution in [1.82, 2.24) is 4.98 Å². The van der Waals surface area contributed by atoms with Crippen molar-refractivity contribution in [3.63, 3.8) is 0 Å². The highest BCUT2D eigenvalue weighted by atomic mass is 79.9. The number of nitrogens with two attached hydrogens (primary N) is 1. The molecular formula is C16H19BrN4. The molecule has 4 nitrogen and oxygen atoms in total. The van der Waals surface area contributed by atoms with Gasteiger partial charge in [0.2, 0.25) is 0 Å². The highest BCUT2D eigenvalue weighted by molar-refractivity contribution is 9.10. The SMILES string of the molecule is Cc1cc(N2CCN(c3cccc(N)c3)CC2)ncc1Br. The van der Waals surface area contributed by atoms with E-state index in [2.05, 4.69) is 49.8 Å². The van der Waals surface area contributed by atoms with Gasteiger partial charge in [0.05, 0.1) is 0 Å². The molecular weight excluding hydrogens is 328 g/mol. The fourth-order valence-corrected chi connectivity index (χ4v) is 2.83. The molecule has 1 aliphatic heterocycles. The normalized spacial score (nSPS) is 15.3. The van der Waals surface area contributed by atoms with Crippen LogP contribution in [-0.4, -0.2) is 31.2 Å². The quantitative estimate of drug-likeness (QED) is 0.849. The highest BCUT2D eigenvalue weighted by Crippen LogP contribution is 2.23. The van der Waals surface area contributed by atoms with Crippen LogP contribution in [0.2, 0.25) is 0 Å². The smallest absolute Gasteiger partial charge is 0.128 e. The Kier molecular flexibility index (Phi) is 4.01. The summed E-state index contributed by atoms with van der Waals surface area (Å²) in [5, 5.41) is 0. The van der Waals surface area contributed by atoms with Crippen molar-refractivity contribution in [2.45, 2.75) is 6.92 Å². The number of aromatic nitrogens is 1. The summed E-state index contributed by atoms with van der Waals surface area (Å²) in [4.78, 5) is 9.22. The van der Waals surface area contributed by atoms with Gasteiger partial charge in [-0.05, 0) is 52.7 Å². The molecule has 0 bridgehead atoms. The standard InChI is InChI=1S/C16H19BrN4/c1-12-9-16(19-11-15(12)17)21-7-5-20(6-8-21)14-4-2-3-13(18)10-14/h2-4,9-11H,5-8,18H2,1H3. The molecule has 110 valence electrons. The summed E-state index contributed by atoms with van der Waals surface area (Å²) < 4.78 is 1.06. The second kappa shape index (κ2) is 5.93. The summed E-state index contributed by atoms with van der Waals surface area (Å²) >= 11 is 3.50. The molecule has 0 amide bonds. The molecule has 0 unspecified atom stereocenters. The van der Waals surface area contributed by atoms with E-state index in [-0.39, 0.29) is 0 Å². The highest BCUT2D eigenvalue weighted by Gasteiger charge is 2.18. The lowest BCUT2D eigenvalue weighted by Gasteiger charge is -2.37. The number of nitrogens with zero attached hydrogens (tertiary/aromatic N) is 3. The number of hydrogen-bond acceptors (Lipinski definition) is 4. The Hall–Kier alpha value is -1.75. The van der Waals surface area contributed by atoms with Crippen molar-refractivity contribution in [2.24, 2.45) is 0 Å². The summed E-state index contributed by atoms with van der Waals surface area (Å²) in [6.07, 6.45) is 1.88. The van der Waals surface area contributed by atoms with Crippen LogP contribution in [0.3, 0.4) is 0 Å². The molecule has 1 saturated heterocycles. The van der Waals surface area contributed by atoms with E-state index in [9.17, 15) is 0 Å². The van der Waals surface area contributed by atoms with Crippen molar-refractivity contribution in [2.75, 3.05) is 41.7 Å². The number of hydrogen-bond donors (Lipinski definition) is 1. The van der Waals surface area contributed by atoms with Crippen LogP contribution >= 0.6 is 15.9 Å². The molecule has 21 heavy (non-hydrogen) atoms. The van der Waals surface area contributed by atoms with E-state index >= 15 is 0 Å². The average molecular weight is 347 g/mol. The van der Waals surface area contributed by atoms with E-state index in [4.69, 9.17) is 5.73 Å². The first-order valence-corrected chi connectivity index (χ1v) is 7.90. The molecule has 0 spiro atoms. The van der Waals surface area contributed by atoms with Crippen LogP contribution in [-0.2, 0) is 0 Å². The Labute approximate surface area is 133 Å². The minimum absolute atomic E-state index is 0.820. The van der Waals surface area contributed by atoms with Crippen molar-refractivity contribution >= 4 is 33.1 Å². The van der Waals surface area contributed by atoms with Gasteiger partial charge in [-0.25, -0.2) is 4.98 Å². The molecule has 2 N–H and O–H groups in total. The van der Waals surface area contributed by atoms with Gasteiger partial charge in [0.1, 0.15) is 5.82 Å². The second-order valence-corrected chi connectivity index (χ2v) is 6.22. The number of rotatable bonds is 2. The largest absolute Gasteiger partial charge is 0.399 e. The van der Waals surface area contributed by atoms with Crippen LogP contribution < -0.4 is 15.5 Å². The number of benzene rings is 1. The van der Waals surface area contributed by atoms with Crippen molar-refractivity contribution in [3.8, 4) is 0 Å². The third-order valence-electron chi connectivity index (χ3n) is 3.87. The fraction of sp³-hybridized carbons (Fsp3) is 0.312. The molecule has 1 aromatic carbocycles. The van der Waals surface area contributed by atoms with Crippen LogP contribution in [0.5, 0.6) is 0 Å². The van der Waals surface area contributed by atoms with Crippen LogP contribution in [0.4, 0.5) is 17.2 Å². The van der Waals surface area contributed by atoms with Gasteiger partial charge in [-0.15, -0.1) is 0 Å². The zero-order valence-electron chi connectivity index (χ0n) is 12.1. The van der Waals surface area contributed by atoms with Gasteiger partial charge in [-0.2, -0.15) is 0 Å². The number of aryl methyl sites for hydroxylation is 1. The van der Waals surface area contributed by atoms with Gasteiger partial charge in [-0.1, -0.05) is 6.07 Å². The van der Waals surface area contributed by atoms with Crippen molar-refractivity contribution in [1.29, 1.82) is 0 Å². The fourth-order valence-electron chi connectivity index (χ4n) is 2.61. The summed E-state index contributed by atoms with van der Waals surface area (Å²) in [7, 11) is 0. The lowest BCUT2D eigenvalue weighted by atomic mass is 10.2. The third-order valence-corrected chi connectivity index (χ3v) is 4.70. The minimum Gasteiger partial charge on any atom is -0.399 e. The zero-order chi connectivity index (χ0) is 14.8. The first-order chi connectivity index (χ1) is 10.1. The molecule has 0 atom stereocenters. The predicted octanol–water partition coefficient (Wildman–Crippen LogP) is 3.06. The third kappa shape index (κ3) is 3.13. The van der Waals surface area contributed by atoms with Gasteiger partial charge in [0, 0.05) is 48.2 Å². The van der Waals surface area contributed by atoms with Gasteiger partial charge in [0.15, 0.2) is 0 Å². The minimum atomic E-state index is 0.820. The number of piperazine rings is 1. The molecule has 0 radical (unpaired) electrons. The molecule has 3 rings (SSSR count). The Morgan fingerprint density at radius 3 is 2.48 bits per heavy atom. The number of halogens is 1. The molecule has 2 heterocycles. The Morgan fingerprint density at radius 2 is 1.81 bits per heavy atom. The topological polar surface area (TPSA) is 45.4 Å². The summed E-state index contributed by atoms with van der Waals surface area (Å²) in [6.45, 7) is 6.02. The summed E-state index contributed by atoms with van der Waals surface area (Å²) in [6, 6.07) is 10.2. The molecule has 2 aromatic rings. The average Bonchev–Trinajstić information content (AvgIpc) is 2.50. The van der Waals surface area contributed by atoms with Gasteiger partial charge in [-0.3, -0.25) is 0 Å². The van der Waals surface area contributed by atoms with E-state index in [1.165, 1.54) is 11.3 Å². The molecule has 5 heteroatoms. The van der Waals surface area contributed by atoms with Crippen LogP contribution in [0, 0.1) is 6.92 Å². The van der Waals surface area contributed by atoms with Crippen LogP contribution in [0.25, 0.3) is 0 Å². The predicted molar refractivity (Wildman–Crippen MR) is 92.0 cm³/mol. The second-order valence-electron chi connectivity index (χ2n) is 5.36. The van der Waals surface area contributed by atoms with Gasteiger partial charge >= 0.3 is 0 Å². The Morgan fingerprint density at radius 1 is 1.10 bits per heavy atom. The maximum absolute atomic E-state index is 5.86. The maximum atomic E-state index is 5.86. The van der Waals surface area contributed by atoms with Gasteiger partial charge < -0.3 is 15.5 Å². The maximum Gasteiger partial charge on any atom is 0.128 e. The first kappa shape index (κ1) is 14.2. The summed E-state index contributed by atoms with van der Waals surface area (Å²) in [5.41, 5.74) is 9.11.